The van der Waals surface area contributed by atoms with Crippen LogP contribution >= 0.6 is 0 Å². The van der Waals surface area contributed by atoms with Crippen LogP contribution in [0.15, 0.2) is 72.9 Å². The highest BCUT2D eigenvalue weighted by molar-refractivity contribution is 5.95. The molecule has 0 saturated carbocycles. The number of aryl methyl sites for hydroxylation is 1. The highest BCUT2D eigenvalue weighted by Crippen LogP contribution is 2.27. The number of halogens is 1. The lowest BCUT2D eigenvalue weighted by Gasteiger charge is -2.42. The minimum Gasteiger partial charge on any atom is -0.490 e. The van der Waals surface area contributed by atoms with E-state index in [2.05, 4.69) is 4.98 Å². The van der Waals surface area contributed by atoms with Crippen molar-refractivity contribution >= 4 is 11.8 Å². The smallest absolute Gasteiger partial charge is 0.255 e. The second-order valence-corrected chi connectivity index (χ2v) is 9.05. The normalized spacial score (nSPS) is 17.5. The fourth-order valence-electron chi connectivity index (χ4n) is 4.25. The molecule has 8 heteroatoms. The Balaban J connectivity index is 1.53. The zero-order valence-electron chi connectivity index (χ0n) is 20.5. The summed E-state index contributed by atoms with van der Waals surface area (Å²) in [6.07, 6.45) is 1.67. The summed E-state index contributed by atoms with van der Waals surface area (Å²) in [5.41, 5.74) is 1.10. The third-order valence-electron chi connectivity index (χ3n) is 6.25. The van der Waals surface area contributed by atoms with Crippen LogP contribution in [0.1, 0.15) is 28.0 Å². The number of ether oxygens (including phenoxy) is 2. The second-order valence-electron chi connectivity index (χ2n) is 9.05. The topological polar surface area (TPSA) is 72.0 Å². The van der Waals surface area contributed by atoms with Gasteiger partial charge in [-0.2, -0.15) is 0 Å². The minimum atomic E-state index is -1.07. The van der Waals surface area contributed by atoms with Crippen molar-refractivity contribution in [1.82, 2.24) is 14.8 Å². The molecule has 7 nitrogen and oxygen atoms in total. The molecule has 0 N–H and O–H groups in total. The Bertz CT molecular complexity index is 1190. The Labute approximate surface area is 210 Å². The summed E-state index contributed by atoms with van der Waals surface area (Å²) in [5.74, 6) is -0.211. The summed E-state index contributed by atoms with van der Waals surface area (Å²) in [5, 5.41) is 0. The van der Waals surface area contributed by atoms with Crippen LogP contribution in [0.4, 0.5) is 4.39 Å². The van der Waals surface area contributed by atoms with Gasteiger partial charge in [-0.05, 0) is 48.9 Å². The van der Waals surface area contributed by atoms with Gasteiger partial charge in [-0.25, -0.2) is 4.39 Å². The lowest BCUT2D eigenvalue weighted by Crippen LogP contribution is -2.58. The molecule has 4 rings (SSSR count). The largest absolute Gasteiger partial charge is 0.490 e. The van der Waals surface area contributed by atoms with Crippen LogP contribution < -0.4 is 4.74 Å². The Kier molecular flexibility index (Phi) is 7.95. The van der Waals surface area contributed by atoms with E-state index in [9.17, 15) is 14.0 Å². The fraction of sp³-hybridized carbons (Fsp3) is 0.321. The molecule has 2 amide bonds. The number of carbonyl (C=O) groups excluding carboxylic acids is 2. The number of aromatic nitrogens is 1. The number of amides is 2. The van der Waals surface area contributed by atoms with Gasteiger partial charge in [0.1, 0.15) is 23.8 Å². The molecule has 0 spiro atoms. The lowest BCUT2D eigenvalue weighted by atomic mass is 9.96. The molecule has 3 aromatic rings. The van der Waals surface area contributed by atoms with Gasteiger partial charge in [0.2, 0.25) is 5.91 Å². The molecule has 2 aromatic carbocycles. The van der Waals surface area contributed by atoms with Crippen molar-refractivity contribution in [1.29, 1.82) is 0 Å². The lowest BCUT2D eigenvalue weighted by molar-refractivity contribution is -0.152. The van der Waals surface area contributed by atoms with E-state index in [1.54, 1.807) is 42.1 Å². The summed E-state index contributed by atoms with van der Waals surface area (Å²) in [4.78, 5) is 34.2. The van der Waals surface area contributed by atoms with Crippen LogP contribution in [-0.2, 0) is 16.1 Å². The molecule has 1 aromatic heterocycles. The zero-order valence-corrected chi connectivity index (χ0v) is 20.5. The van der Waals surface area contributed by atoms with Gasteiger partial charge in [-0.1, -0.05) is 30.3 Å². The van der Waals surface area contributed by atoms with E-state index in [1.807, 2.05) is 30.3 Å². The number of morpholine rings is 1. The Hall–Kier alpha value is -3.78. The quantitative estimate of drug-likeness (QED) is 0.479. The van der Waals surface area contributed by atoms with Crippen LogP contribution in [-0.4, -0.2) is 65.6 Å². The first-order chi connectivity index (χ1) is 17.3. The molecule has 1 aliphatic rings. The zero-order chi connectivity index (χ0) is 25.5. The van der Waals surface area contributed by atoms with Gasteiger partial charge in [0.15, 0.2) is 0 Å². The average molecular weight is 492 g/mol. The molecule has 188 valence electrons. The molecule has 2 heterocycles. The van der Waals surface area contributed by atoms with Crippen LogP contribution in [0.2, 0.25) is 0 Å². The molecule has 1 saturated heterocycles. The summed E-state index contributed by atoms with van der Waals surface area (Å²) in [6.45, 7) is 3.09. The van der Waals surface area contributed by atoms with Crippen LogP contribution in [0.5, 0.6) is 5.75 Å². The van der Waals surface area contributed by atoms with Crippen molar-refractivity contribution in [2.45, 2.75) is 25.5 Å². The standard InChI is InChI=1S/C28H30FN3O4/c1-21-25(9-6-14-30-21)27(34)32-15-16-36-28(19-32,20-35-24-12-10-23(29)11-13-24)17-26(33)31(2)18-22-7-4-3-5-8-22/h3-14H,15-20H2,1-2H3/t28-/m1/s1. The molecule has 0 unspecified atom stereocenters. The maximum absolute atomic E-state index is 13.4. The Morgan fingerprint density at radius 1 is 1.11 bits per heavy atom. The van der Waals surface area contributed by atoms with Crippen LogP contribution in [0, 0.1) is 12.7 Å². The van der Waals surface area contributed by atoms with Gasteiger partial charge in [0.25, 0.3) is 5.91 Å². The van der Waals surface area contributed by atoms with Crippen molar-refractivity contribution in [2.75, 3.05) is 33.4 Å². The summed E-state index contributed by atoms with van der Waals surface area (Å²) in [6, 6.07) is 18.9. The van der Waals surface area contributed by atoms with Crippen molar-refractivity contribution < 1.29 is 23.5 Å². The number of hydrogen-bond donors (Lipinski definition) is 0. The highest BCUT2D eigenvalue weighted by Gasteiger charge is 2.42. The number of benzene rings is 2. The SMILES string of the molecule is Cc1ncccc1C(=O)N1CCO[C@](COc2ccc(F)cc2)(CC(=O)N(C)Cc2ccccc2)C1. The molecule has 1 aliphatic heterocycles. The number of nitrogens with zero attached hydrogens (tertiary/aromatic N) is 3. The maximum atomic E-state index is 13.4. The molecule has 0 bridgehead atoms. The van der Waals surface area contributed by atoms with Crippen molar-refractivity contribution in [2.24, 2.45) is 0 Å². The van der Waals surface area contributed by atoms with Gasteiger partial charge >= 0.3 is 0 Å². The number of hydrogen-bond acceptors (Lipinski definition) is 5. The second kappa shape index (κ2) is 11.3. The molecule has 0 aliphatic carbocycles. The monoisotopic (exact) mass is 491 g/mol. The molecular formula is C28H30FN3O4. The minimum absolute atomic E-state index is 0.0212. The molecule has 36 heavy (non-hydrogen) atoms. The number of carbonyl (C=O) groups is 2. The number of pyridine rings is 1. The van der Waals surface area contributed by atoms with Gasteiger partial charge in [-0.15, -0.1) is 0 Å². The first-order valence-corrected chi connectivity index (χ1v) is 11.9. The fourth-order valence-corrected chi connectivity index (χ4v) is 4.25. The van der Waals surface area contributed by atoms with Crippen LogP contribution in [0.3, 0.4) is 0 Å². The predicted molar refractivity (Wildman–Crippen MR) is 133 cm³/mol. The predicted octanol–water partition coefficient (Wildman–Crippen LogP) is 3.87. The van der Waals surface area contributed by atoms with Crippen molar-refractivity contribution in [3.63, 3.8) is 0 Å². The van der Waals surface area contributed by atoms with Crippen LogP contribution in [0.25, 0.3) is 0 Å². The number of rotatable bonds is 8. The van der Waals surface area contributed by atoms with E-state index in [-0.39, 0.29) is 43.8 Å². The van der Waals surface area contributed by atoms with Gasteiger partial charge in [-0.3, -0.25) is 14.6 Å². The molecular weight excluding hydrogens is 461 g/mol. The third-order valence-corrected chi connectivity index (χ3v) is 6.25. The molecule has 1 fully saturated rings. The first-order valence-electron chi connectivity index (χ1n) is 11.9. The molecule has 0 radical (unpaired) electrons. The van der Waals surface area contributed by atoms with Gasteiger partial charge in [0.05, 0.1) is 25.1 Å². The van der Waals surface area contributed by atoms with E-state index in [4.69, 9.17) is 9.47 Å². The van der Waals surface area contributed by atoms with Crippen molar-refractivity contribution in [3.05, 3.63) is 95.6 Å². The Morgan fingerprint density at radius 3 is 2.58 bits per heavy atom. The average Bonchev–Trinajstić information content (AvgIpc) is 2.89. The third kappa shape index (κ3) is 6.26. The van der Waals surface area contributed by atoms with E-state index in [0.29, 0.717) is 30.1 Å². The van der Waals surface area contributed by atoms with Gasteiger partial charge < -0.3 is 19.3 Å². The highest BCUT2D eigenvalue weighted by atomic mass is 19.1. The first kappa shape index (κ1) is 25.3. The maximum Gasteiger partial charge on any atom is 0.255 e. The van der Waals surface area contributed by atoms with Gasteiger partial charge in [0, 0.05) is 32.0 Å². The summed E-state index contributed by atoms with van der Waals surface area (Å²) < 4.78 is 25.5. The van der Waals surface area contributed by atoms with E-state index < -0.39 is 5.60 Å². The van der Waals surface area contributed by atoms with Crippen molar-refractivity contribution in [3.8, 4) is 5.75 Å². The molecule has 1 atom stereocenters. The Morgan fingerprint density at radius 2 is 1.86 bits per heavy atom. The van der Waals surface area contributed by atoms with E-state index in [1.165, 1.54) is 24.3 Å². The van der Waals surface area contributed by atoms with E-state index in [0.717, 1.165) is 5.56 Å². The summed E-state index contributed by atoms with van der Waals surface area (Å²) in [7, 11) is 1.74. The summed E-state index contributed by atoms with van der Waals surface area (Å²) >= 11 is 0. The van der Waals surface area contributed by atoms with E-state index >= 15 is 0 Å².